The zero-order valence-corrected chi connectivity index (χ0v) is 11.1. The van der Waals surface area contributed by atoms with Crippen LogP contribution in [-0.2, 0) is 21.4 Å². The number of hydrogen-bond acceptors (Lipinski definition) is 2. The van der Waals surface area contributed by atoms with Gasteiger partial charge < -0.3 is 0 Å². The van der Waals surface area contributed by atoms with Gasteiger partial charge in [-0.3, -0.25) is 9.59 Å². The second kappa shape index (κ2) is 3.56. The molecular formula is C17H18O2. The number of hydrogen-bond donors (Lipinski definition) is 0. The monoisotopic (exact) mass is 254 g/mol. The third kappa shape index (κ3) is 1.22. The van der Waals surface area contributed by atoms with E-state index in [-0.39, 0.29) is 10.8 Å². The van der Waals surface area contributed by atoms with Gasteiger partial charge in [0.15, 0.2) is 0 Å². The van der Waals surface area contributed by atoms with Crippen LogP contribution >= 0.6 is 0 Å². The van der Waals surface area contributed by atoms with Gasteiger partial charge in [-0.15, -0.1) is 0 Å². The lowest BCUT2D eigenvalue weighted by Gasteiger charge is -2.51. The molecule has 2 nitrogen and oxygen atoms in total. The van der Waals surface area contributed by atoms with Crippen LogP contribution in [0.2, 0.25) is 0 Å². The lowest BCUT2D eigenvalue weighted by atomic mass is 9.50. The second-order valence-electron chi connectivity index (χ2n) is 6.49. The zero-order chi connectivity index (χ0) is 13.1. The molecular weight excluding hydrogens is 236 g/mol. The molecule has 3 aliphatic rings. The highest BCUT2D eigenvalue weighted by Crippen LogP contribution is 2.63. The van der Waals surface area contributed by atoms with Crippen molar-refractivity contribution in [1.29, 1.82) is 0 Å². The van der Waals surface area contributed by atoms with Crippen LogP contribution in [0.3, 0.4) is 0 Å². The molecule has 2 heteroatoms. The summed E-state index contributed by atoms with van der Waals surface area (Å²) in [4.78, 5) is 24.7. The van der Waals surface area contributed by atoms with Crippen LogP contribution in [0.15, 0.2) is 24.3 Å². The van der Waals surface area contributed by atoms with Crippen LogP contribution < -0.4 is 0 Å². The normalized spacial score (nSPS) is 36.6. The fourth-order valence-electron chi connectivity index (χ4n) is 5.02. The molecule has 0 N–H and O–H groups in total. The van der Waals surface area contributed by atoms with E-state index in [1.165, 1.54) is 11.1 Å². The number of ketones is 2. The molecule has 1 aromatic carbocycles. The minimum Gasteiger partial charge on any atom is -0.300 e. The maximum atomic E-state index is 12.7. The Morgan fingerprint density at radius 1 is 0.895 bits per heavy atom. The third-order valence-electron chi connectivity index (χ3n) is 5.81. The average Bonchev–Trinajstić information content (AvgIpc) is 2.71. The Labute approximate surface area is 113 Å². The van der Waals surface area contributed by atoms with Crippen molar-refractivity contribution in [2.75, 3.05) is 0 Å². The maximum Gasteiger partial charge on any atom is 0.140 e. The van der Waals surface area contributed by atoms with Crippen molar-refractivity contribution in [3.63, 3.8) is 0 Å². The average molecular weight is 254 g/mol. The van der Waals surface area contributed by atoms with E-state index in [4.69, 9.17) is 0 Å². The Hall–Kier alpha value is -1.44. The van der Waals surface area contributed by atoms with Crippen molar-refractivity contribution in [3.05, 3.63) is 35.4 Å². The summed E-state index contributed by atoms with van der Waals surface area (Å²) >= 11 is 0. The molecule has 0 amide bonds. The van der Waals surface area contributed by atoms with Crippen molar-refractivity contribution in [1.82, 2.24) is 0 Å². The largest absolute Gasteiger partial charge is 0.300 e. The summed E-state index contributed by atoms with van der Waals surface area (Å²) in [6.07, 6.45) is 5.51. The van der Waals surface area contributed by atoms with Crippen molar-refractivity contribution >= 4 is 11.6 Å². The van der Waals surface area contributed by atoms with Gasteiger partial charge in [0, 0.05) is 30.1 Å². The first-order chi connectivity index (χ1) is 9.18. The molecule has 2 atom stereocenters. The van der Waals surface area contributed by atoms with E-state index >= 15 is 0 Å². The van der Waals surface area contributed by atoms with Crippen molar-refractivity contribution in [3.8, 4) is 0 Å². The summed E-state index contributed by atoms with van der Waals surface area (Å²) in [5.41, 5.74) is 2.21. The lowest BCUT2D eigenvalue weighted by Crippen LogP contribution is -2.55. The van der Waals surface area contributed by atoms with Gasteiger partial charge in [0.25, 0.3) is 0 Å². The molecule has 4 rings (SSSR count). The smallest absolute Gasteiger partial charge is 0.140 e. The predicted molar refractivity (Wildman–Crippen MR) is 72.0 cm³/mol. The van der Waals surface area contributed by atoms with Gasteiger partial charge >= 0.3 is 0 Å². The van der Waals surface area contributed by atoms with Gasteiger partial charge in [-0.25, -0.2) is 0 Å². The van der Waals surface area contributed by atoms with Crippen LogP contribution in [0.1, 0.15) is 49.7 Å². The zero-order valence-electron chi connectivity index (χ0n) is 11.1. The fraction of sp³-hybridized carbons (Fsp3) is 0.529. The van der Waals surface area contributed by atoms with Gasteiger partial charge in [-0.05, 0) is 36.8 Å². The van der Waals surface area contributed by atoms with E-state index in [2.05, 4.69) is 24.3 Å². The summed E-state index contributed by atoms with van der Waals surface area (Å²) in [5.74, 6) is 0.768. The molecule has 0 unspecified atom stereocenters. The second-order valence-corrected chi connectivity index (χ2v) is 6.49. The van der Waals surface area contributed by atoms with Crippen molar-refractivity contribution in [2.45, 2.75) is 50.4 Å². The highest BCUT2D eigenvalue weighted by molar-refractivity contribution is 5.94. The topological polar surface area (TPSA) is 34.1 Å². The van der Waals surface area contributed by atoms with E-state index in [1.807, 2.05) is 0 Å². The summed E-state index contributed by atoms with van der Waals surface area (Å²) in [6.45, 7) is 0. The molecule has 0 spiro atoms. The molecule has 19 heavy (non-hydrogen) atoms. The quantitative estimate of drug-likeness (QED) is 0.713. The number of benzene rings is 1. The number of carbonyl (C=O) groups is 2. The molecule has 98 valence electrons. The molecule has 0 saturated heterocycles. The van der Waals surface area contributed by atoms with Crippen LogP contribution in [-0.4, -0.2) is 11.6 Å². The number of carbonyl (C=O) groups excluding carboxylic acids is 2. The molecule has 3 aliphatic carbocycles. The Morgan fingerprint density at radius 3 is 2.63 bits per heavy atom. The van der Waals surface area contributed by atoms with Crippen LogP contribution in [0.5, 0.6) is 0 Å². The highest BCUT2D eigenvalue weighted by Gasteiger charge is 2.64. The van der Waals surface area contributed by atoms with Gasteiger partial charge in [-0.2, -0.15) is 0 Å². The summed E-state index contributed by atoms with van der Waals surface area (Å²) in [7, 11) is 0. The molecule has 0 aliphatic heterocycles. The van der Waals surface area contributed by atoms with E-state index in [1.54, 1.807) is 0 Å². The molecule has 0 bridgehead atoms. The predicted octanol–water partition coefficient (Wildman–Crippen LogP) is 2.97. The van der Waals surface area contributed by atoms with Crippen molar-refractivity contribution in [2.24, 2.45) is 5.41 Å². The maximum absolute atomic E-state index is 12.7. The SMILES string of the molecule is O=C1CC[C@]23Cc4ccccc4[C@]2(CCCC3=O)C1. The Morgan fingerprint density at radius 2 is 1.74 bits per heavy atom. The minimum absolute atomic E-state index is 0.158. The molecule has 0 heterocycles. The number of Topliss-reactive ketones (excluding diaryl/α,β-unsaturated/α-hetero) is 2. The Bertz CT molecular complexity index is 589. The van der Waals surface area contributed by atoms with E-state index in [0.29, 0.717) is 30.8 Å². The van der Waals surface area contributed by atoms with Gasteiger partial charge in [0.1, 0.15) is 11.6 Å². The van der Waals surface area contributed by atoms with Gasteiger partial charge in [-0.1, -0.05) is 24.3 Å². The van der Waals surface area contributed by atoms with E-state index < -0.39 is 0 Å². The molecule has 2 fully saturated rings. The van der Waals surface area contributed by atoms with Crippen LogP contribution in [0.25, 0.3) is 0 Å². The van der Waals surface area contributed by atoms with Crippen molar-refractivity contribution < 1.29 is 9.59 Å². The first-order valence-electron chi connectivity index (χ1n) is 7.31. The first kappa shape index (κ1) is 11.4. The van der Waals surface area contributed by atoms with Crippen LogP contribution in [0, 0.1) is 5.41 Å². The number of rotatable bonds is 0. The van der Waals surface area contributed by atoms with Gasteiger partial charge in [0.05, 0.1) is 0 Å². The molecule has 0 aromatic heterocycles. The van der Waals surface area contributed by atoms with E-state index in [9.17, 15) is 9.59 Å². The molecule has 2 saturated carbocycles. The Balaban J connectivity index is 1.98. The molecule has 0 radical (unpaired) electrons. The van der Waals surface area contributed by atoms with E-state index in [0.717, 1.165) is 25.7 Å². The minimum atomic E-state index is -0.247. The van der Waals surface area contributed by atoms with Crippen LogP contribution in [0.4, 0.5) is 0 Å². The van der Waals surface area contributed by atoms with Gasteiger partial charge in [0.2, 0.25) is 0 Å². The molecule has 1 aromatic rings. The Kier molecular flexibility index (Phi) is 2.13. The summed E-state index contributed by atoms with van der Waals surface area (Å²) < 4.78 is 0. The lowest BCUT2D eigenvalue weighted by molar-refractivity contribution is -0.143. The first-order valence-corrected chi connectivity index (χ1v) is 7.31. The fourth-order valence-corrected chi connectivity index (χ4v) is 5.02. The third-order valence-corrected chi connectivity index (χ3v) is 5.81. The number of fused-ring (bicyclic) bond motifs is 1. The highest BCUT2D eigenvalue weighted by atomic mass is 16.1. The summed E-state index contributed by atoms with van der Waals surface area (Å²) in [6, 6.07) is 8.43. The summed E-state index contributed by atoms with van der Waals surface area (Å²) in [5, 5.41) is 0. The standard InChI is InChI=1S/C17H18O2/c18-13-7-9-17-10-12-4-1-2-5-14(12)16(17,11-13)8-3-6-15(17)19/h1-2,4-5H,3,6-11H2/t16-,17+/m0/s1.